The zero-order valence-corrected chi connectivity index (χ0v) is 17.6. The van der Waals surface area contributed by atoms with Crippen LogP contribution in [0.4, 0.5) is 0 Å². The van der Waals surface area contributed by atoms with Gasteiger partial charge in [-0.3, -0.25) is 9.78 Å². The summed E-state index contributed by atoms with van der Waals surface area (Å²) in [5.41, 5.74) is 6.67. The summed E-state index contributed by atoms with van der Waals surface area (Å²) < 4.78 is 2.12. The third kappa shape index (κ3) is 4.14. The number of aromatic nitrogens is 2. The van der Waals surface area contributed by atoms with Gasteiger partial charge in [-0.1, -0.05) is 35.9 Å². The topological polar surface area (TPSA) is 46.9 Å². The Kier molecular flexibility index (Phi) is 5.68. The van der Waals surface area contributed by atoms with Crippen molar-refractivity contribution in [1.29, 1.82) is 0 Å². The highest BCUT2D eigenvalue weighted by molar-refractivity contribution is 6.30. The minimum Gasteiger partial charge on any atom is -0.348 e. The van der Waals surface area contributed by atoms with Crippen LogP contribution >= 0.6 is 11.6 Å². The second-order valence-corrected chi connectivity index (χ2v) is 7.68. The molecular weight excluding hydrogens is 394 g/mol. The van der Waals surface area contributed by atoms with E-state index in [1.165, 1.54) is 0 Å². The summed E-state index contributed by atoms with van der Waals surface area (Å²) in [4.78, 5) is 17.0. The third-order valence-electron chi connectivity index (χ3n) is 5.09. The molecule has 0 aliphatic carbocycles. The van der Waals surface area contributed by atoms with E-state index in [0.29, 0.717) is 17.1 Å². The largest absolute Gasteiger partial charge is 0.348 e. The summed E-state index contributed by atoms with van der Waals surface area (Å²) in [6.07, 6.45) is 3.44. The van der Waals surface area contributed by atoms with Gasteiger partial charge in [0.1, 0.15) is 0 Å². The zero-order chi connectivity index (χ0) is 21.1. The van der Waals surface area contributed by atoms with Crippen LogP contribution < -0.4 is 5.32 Å². The maximum Gasteiger partial charge on any atom is 0.253 e. The van der Waals surface area contributed by atoms with Crippen molar-refractivity contribution in [2.75, 3.05) is 0 Å². The highest BCUT2D eigenvalue weighted by atomic mass is 35.5. The van der Waals surface area contributed by atoms with Gasteiger partial charge in [0.15, 0.2) is 0 Å². The monoisotopic (exact) mass is 415 g/mol. The molecule has 0 aliphatic rings. The molecule has 0 fully saturated rings. The predicted molar refractivity (Wildman–Crippen MR) is 121 cm³/mol. The van der Waals surface area contributed by atoms with Crippen LogP contribution in [0.15, 0.2) is 79.1 Å². The second-order valence-electron chi connectivity index (χ2n) is 7.25. The van der Waals surface area contributed by atoms with Gasteiger partial charge in [0, 0.05) is 35.3 Å². The van der Waals surface area contributed by atoms with Crippen molar-refractivity contribution in [1.82, 2.24) is 14.9 Å². The molecule has 4 rings (SSSR count). The minimum atomic E-state index is -0.106. The molecule has 4 nitrogen and oxygen atoms in total. The summed E-state index contributed by atoms with van der Waals surface area (Å²) in [5, 5.41) is 3.70. The van der Waals surface area contributed by atoms with Gasteiger partial charge in [0.05, 0.1) is 11.3 Å². The number of halogens is 1. The molecule has 0 radical (unpaired) electrons. The number of rotatable bonds is 5. The molecule has 0 unspecified atom stereocenters. The van der Waals surface area contributed by atoms with Gasteiger partial charge in [0.25, 0.3) is 5.91 Å². The molecule has 0 atom stereocenters. The maximum absolute atomic E-state index is 13.0. The fraction of sp³-hybridized carbons (Fsp3) is 0.120. The van der Waals surface area contributed by atoms with E-state index in [1.807, 2.05) is 55.5 Å². The number of aryl methyl sites for hydroxylation is 1. The number of hydrogen-bond donors (Lipinski definition) is 1. The standard InChI is InChI=1S/C25H22ClN3O/c1-17-4-3-5-22(14-17)29-18(2)23(15-24(29)20-6-8-21(26)9-7-20)25(30)28-16-19-10-12-27-13-11-19/h3-15H,16H2,1-2H3,(H,28,30). The Morgan fingerprint density at radius 3 is 2.43 bits per heavy atom. The Morgan fingerprint density at radius 1 is 1.00 bits per heavy atom. The van der Waals surface area contributed by atoms with Gasteiger partial charge >= 0.3 is 0 Å². The first-order valence-corrected chi connectivity index (χ1v) is 10.1. The molecule has 1 N–H and O–H groups in total. The predicted octanol–water partition coefficient (Wildman–Crippen LogP) is 5.74. The van der Waals surface area contributed by atoms with E-state index in [0.717, 1.165) is 33.8 Å². The average molecular weight is 416 g/mol. The van der Waals surface area contributed by atoms with Crippen LogP contribution in [0.25, 0.3) is 16.9 Å². The Hall–Kier alpha value is -3.37. The van der Waals surface area contributed by atoms with E-state index >= 15 is 0 Å². The summed E-state index contributed by atoms with van der Waals surface area (Å²) in [7, 11) is 0. The zero-order valence-electron chi connectivity index (χ0n) is 16.9. The van der Waals surface area contributed by atoms with Gasteiger partial charge in [-0.15, -0.1) is 0 Å². The summed E-state index contributed by atoms with van der Waals surface area (Å²) >= 11 is 6.09. The van der Waals surface area contributed by atoms with E-state index in [4.69, 9.17) is 11.6 Å². The molecular formula is C25H22ClN3O. The lowest BCUT2D eigenvalue weighted by atomic mass is 10.1. The van der Waals surface area contributed by atoms with Crippen molar-refractivity contribution in [2.45, 2.75) is 20.4 Å². The first-order valence-electron chi connectivity index (χ1n) is 9.75. The SMILES string of the molecule is Cc1cccc(-n2c(-c3ccc(Cl)cc3)cc(C(=O)NCc3ccncc3)c2C)c1. The van der Waals surface area contributed by atoms with E-state index in [9.17, 15) is 4.79 Å². The molecule has 0 saturated carbocycles. The number of carbonyl (C=O) groups is 1. The normalized spacial score (nSPS) is 10.8. The van der Waals surface area contributed by atoms with Crippen molar-refractivity contribution in [3.63, 3.8) is 0 Å². The lowest BCUT2D eigenvalue weighted by Crippen LogP contribution is -2.23. The van der Waals surface area contributed by atoms with Gasteiger partial charge in [-0.05, 0) is 73.0 Å². The van der Waals surface area contributed by atoms with Gasteiger partial charge in [-0.25, -0.2) is 0 Å². The highest BCUT2D eigenvalue weighted by Gasteiger charge is 2.19. The summed E-state index contributed by atoms with van der Waals surface area (Å²) in [5.74, 6) is -0.106. The minimum absolute atomic E-state index is 0.106. The number of hydrogen-bond acceptors (Lipinski definition) is 2. The number of carbonyl (C=O) groups excluding carboxylic acids is 1. The lowest BCUT2D eigenvalue weighted by molar-refractivity contribution is 0.0950. The number of benzene rings is 2. The molecule has 0 saturated heterocycles. The molecule has 30 heavy (non-hydrogen) atoms. The number of nitrogens with zero attached hydrogens (tertiary/aromatic N) is 2. The molecule has 4 aromatic rings. The fourth-order valence-corrected chi connectivity index (χ4v) is 3.67. The van der Waals surface area contributed by atoms with Crippen LogP contribution in [0.5, 0.6) is 0 Å². The van der Waals surface area contributed by atoms with E-state index in [2.05, 4.69) is 40.0 Å². The molecule has 0 bridgehead atoms. The van der Waals surface area contributed by atoms with Gasteiger partial charge in [-0.2, -0.15) is 0 Å². The quantitative estimate of drug-likeness (QED) is 0.451. The molecule has 0 spiro atoms. The molecule has 1 amide bonds. The van der Waals surface area contributed by atoms with Crippen LogP contribution in [0, 0.1) is 13.8 Å². The Bertz CT molecular complexity index is 1180. The summed E-state index contributed by atoms with van der Waals surface area (Å²) in [6.45, 7) is 4.49. The van der Waals surface area contributed by atoms with Crippen molar-refractivity contribution >= 4 is 17.5 Å². The van der Waals surface area contributed by atoms with Crippen molar-refractivity contribution < 1.29 is 4.79 Å². The third-order valence-corrected chi connectivity index (χ3v) is 5.35. The Balaban J connectivity index is 1.75. The van der Waals surface area contributed by atoms with Gasteiger partial charge in [0.2, 0.25) is 0 Å². The van der Waals surface area contributed by atoms with Crippen molar-refractivity contribution in [3.8, 4) is 16.9 Å². The first kappa shape index (κ1) is 19.9. The Morgan fingerprint density at radius 2 is 1.73 bits per heavy atom. The average Bonchev–Trinajstić information content (AvgIpc) is 3.10. The number of nitrogens with one attached hydrogen (secondary N) is 1. The summed E-state index contributed by atoms with van der Waals surface area (Å²) in [6, 6.07) is 21.7. The molecule has 2 heterocycles. The van der Waals surface area contributed by atoms with Crippen LogP contribution in [0.2, 0.25) is 5.02 Å². The fourth-order valence-electron chi connectivity index (χ4n) is 3.55. The molecule has 0 aliphatic heterocycles. The molecule has 5 heteroatoms. The maximum atomic E-state index is 13.0. The smallest absolute Gasteiger partial charge is 0.253 e. The van der Waals surface area contributed by atoms with Gasteiger partial charge < -0.3 is 9.88 Å². The van der Waals surface area contributed by atoms with E-state index in [-0.39, 0.29) is 5.91 Å². The molecule has 2 aromatic carbocycles. The van der Waals surface area contributed by atoms with Crippen LogP contribution in [0.3, 0.4) is 0 Å². The van der Waals surface area contributed by atoms with Crippen molar-refractivity contribution in [3.05, 3.63) is 107 Å². The van der Waals surface area contributed by atoms with E-state index in [1.54, 1.807) is 12.4 Å². The molecule has 150 valence electrons. The lowest BCUT2D eigenvalue weighted by Gasteiger charge is -2.13. The van der Waals surface area contributed by atoms with Crippen LogP contribution in [0.1, 0.15) is 27.2 Å². The number of amides is 1. The van der Waals surface area contributed by atoms with Crippen LogP contribution in [-0.4, -0.2) is 15.5 Å². The Labute approximate surface area is 181 Å². The van der Waals surface area contributed by atoms with E-state index < -0.39 is 0 Å². The second kappa shape index (κ2) is 8.56. The highest BCUT2D eigenvalue weighted by Crippen LogP contribution is 2.30. The first-order chi connectivity index (χ1) is 14.5. The number of pyridine rings is 1. The van der Waals surface area contributed by atoms with Crippen LogP contribution in [-0.2, 0) is 6.54 Å². The molecule has 2 aromatic heterocycles. The van der Waals surface area contributed by atoms with Crippen molar-refractivity contribution in [2.24, 2.45) is 0 Å².